The molecule has 0 aliphatic rings. The monoisotopic (exact) mass is 144 g/mol. The third kappa shape index (κ3) is 5.30. The predicted octanol–water partition coefficient (Wildman–Crippen LogP) is 0.656. The molecule has 0 rings (SSSR count). The molecule has 0 bridgehead atoms. The van der Waals surface area contributed by atoms with Crippen LogP contribution in [0.4, 0.5) is 0 Å². The summed E-state index contributed by atoms with van der Waals surface area (Å²) in [7, 11) is 1.79. The van der Waals surface area contributed by atoms with E-state index in [0.717, 1.165) is 13.0 Å². The Hall–Kier alpha value is -0.570. The van der Waals surface area contributed by atoms with Crippen LogP contribution in [0.15, 0.2) is 12.7 Å². The van der Waals surface area contributed by atoms with E-state index in [1.807, 2.05) is 6.08 Å². The van der Waals surface area contributed by atoms with Gasteiger partial charge in [0.05, 0.1) is 0 Å². The predicted molar refractivity (Wildman–Crippen MR) is 44.5 cm³/mol. The van der Waals surface area contributed by atoms with E-state index < -0.39 is 0 Å². The molecule has 0 fully saturated rings. The molecule has 0 heterocycles. The van der Waals surface area contributed by atoms with Gasteiger partial charge in [0.1, 0.15) is 0 Å². The first-order chi connectivity index (χ1) is 4.31. The Labute approximate surface area is 61.3 Å². The first-order valence-electron chi connectivity index (χ1n) is 2.87. The first kappa shape index (κ1) is 8.43. The molecule has 0 atom stereocenters. The van der Waals surface area contributed by atoms with Gasteiger partial charge in [0.25, 0.3) is 0 Å². The van der Waals surface area contributed by atoms with Crippen molar-refractivity contribution in [3.8, 4) is 0 Å². The molecule has 0 aromatic heterocycles. The van der Waals surface area contributed by atoms with Crippen molar-refractivity contribution in [1.82, 2.24) is 10.6 Å². The van der Waals surface area contributed by atoms with E-state index in [-0.39, 0.29) is 0 Å². The minimum Gasteiger partial charge on any atom is -0.366 e. The maximum absolute atomic E-state index is 4.81. The van der Waals surface area contributed by atoms with Crippen LogP contribution in [0.3, 0.4) is 0 Å². The fourth-order valence-electron chi connectivity index (χ4n) is 0.376. The van der Waals surface area contributed by atoms with E-state index in [9.17, 15) is 0 Å². The summed E-state index contributed by atoms with van der Waals surface area (Å²) in [5, 5.41) is 6.48. The normalized spacial score (nSPS) is 8.11. The molecule has 0 aromatic carbocycles. The quantitative estimate of drug-likeness (QED) is 0.345. The highest BCUT2D eigenvalue weighted by molar-refractivity contribution is 7.80. The maximum Gasteiger partial charge on any atom is 0.166 e. The van der Waals surface area contributed by atoms with Crippen molar-refractivity contribution in [2.45, 2.75) is 6.42 Å². The van der Waals surface area contributed by atoms with Crippen molar-refractivity contribution in [3.05, 3.63) is 12.7 Å². The van der Waals surface area contributed by atoms with Crippen LogP contribution in [0.1, 0.15) is 6.42 Å². The largest absolute Gasteiger partial charge is 0.366 e. The molecular weight excluding hydrogens is 132 g/mol. The minimum atomic E-state index is 0.692. The number of rotatable bonds is 3. The molecular formula is C6H12N2S. The van der Waals surface area contributed by atoms with Crippen LogP contribution in [0.5, 0.6) is 0 Å². The summed E-state index contributed by atoms with van der Waals surface area (Å²) < 4.78 is 0. The van der Waals surface area contributed by atoms with E-state index in [2.05, 4.69) is 17.2 Å². The molecule has 2 nitrogen and oxygen atoms in total. The molecule has 2 N–H and O–H groups in total. The molecule has 9 heavy (non-hydrogen) atoms. The number of hydrogen-bond acceptors (Lipinski definition) is 1. The molecule has 0 aliphatic heterocycles. The second-order valence-electron chi connectivity index (χ2n) is 1.58. The van der Waals surface area contributed by atoms with E-state index in [4.69, 9.17) is 12.2 Å². The third-order valence-corrected chi connectivity index (χ3v) is 1.21. The number of hydrogen-bond donors (Lipinski definition) is 2. The first-order valence-corrected chi connectivity index (χ1v) is 3.28. The van der Waals surface area contributed by atoms with Gasteiger partial charge in [-0.25, -0.2) is 0 Å². The Balaban J connectivity index is 3.06. The van der Waals surface area contributed by atoms with Crippen molar-refractivity contribution < 1.29 is 0 Å². The molecule has 0 radical (unpaired) electrons. The van der Waals surface area contributed by atoms with E-state index in [1.54, 1.807) is 7.05 Å². The lowest BCUT2D eigenvalue weighted by atomic mass is 10.4. The standard InChI is InChI=1S/C6H12N2S/c1-3-4-5-8-6(9)7-2/h3H,1,4-5H2,2H3,(H2,7,8,9). The van der Waals surface area contributed by atoms with Gasteiger partial charge in [0.2, 0.25) is 0 Å². The van der Waals surface area contributed by atoms with Gasteiger partial charge < -0.3 is 10.6 Å². The van der Waals surface area contributed by atoms with Crippen LogP contribution in [0.25, 0.3) is 0 Å². The minimum absolute atomic E-state index is 0.692. The molecule has 0 saturated carbocycles. The van der Waals surface area contributed by atoms with E-state index >= 15 is 0 Å². The molecule has 0 amide bonds. The Morgan fingerprint density at radius 2 is 2.44 bits per heavy atom. The van der Waals surface area contributed by atoms with Crippen LogP contribution in [-0.4, -0.2) is 18.7 Å². The van der Waals surface area contributed by atoms with Crippen molar-refractivity contribution in [2.75, 3.05) is 13.6 Å². The lowest BCUT2D eigenvalue weighted by molar-refractivity contribution is 0.872. The number of nitrogens with one attached hydrogen (secondary N) is 2. The fraction of sp³-hybridized carbons (Fsp3) is 0.500. The van der Waals surface area contributed by atoms with Gasteiger partial charge in [-0.2, -0.15) is 0 Å². The zero-order valence-corrected chi connectivity index (χ0v) is 6.42. The maximum atomic E-state index is 4.81. The van der Waals surface area contributed by atoms with Crippen LogP contribution < -0.4 is 10.6 Å². The summed E-state index contributed by atoms with van der Waals surface area (Å²) in [6.07, 6.45) is 2.80. The highest BCUT2D eigenvalue weighted by Gasteiger charge is 1.85. The third-order valence-electron chi connectivity index (χ3n) is 0.861. The van der Waals surface area contributed by atoms with Crippen LogP contribution in [0.2, 0.25) is 0 Å². The molecule has 0 spiro atoms. The smallest absolute Gasteiger partial charge is 0.166 e. The summed E-state index contributed by atoms with van der Waals surface area (Å²) in [5.41, 5.74) is 0. The van der Waals surface area contributed by atoms with Gasteiger partial charge in [-0.05, 0) is 18.6 Å². The van der Waals surface area contributed by atoms with E-state index in [1.165, 1.54) is 0 Å². The van der Waals surface area contributed by atoms with Crippen molar-refractivity contribution >= 4 is 17.3 Å². The molecule has 3 heteroatoms. The fourth-order valence-corrected chi connectivity index (χ4v) is 0.478. The van der Waals surface area contributed by atoms with Crippen molar-refractivity contribution in [1.29, 1.82) is 0 Å². The second-order valence-corrected chi connectivity index (χ2v) is 1.99. The molecule has 0 aromatic rings. The van der Waals surface area contributed by atoms with Crippen molar-refractivity contribution in [2.24, 2.45) is 0 Å². The summed E-state index contributed by atoms with van der Waals surface area (Å²) in [6.45, 7) is 4.44. The van der Waals surface area contributed by atoms with Gasteiger partial charge in [-0.1, -0.05) is 6.08 Å². The Kier molecular flexibility index (Phi) is 5.21. The van der Waals surface area contributed by atoms with E-state index in [0.29, 0.717) is 5.11 Å². The van der Waals surface area contributed by atoms with Gasteiger partial charge in [0, 0.05) is 13.6 Å². The van der Waals surface area contributed by atoms with Crippen LogP contribution in [0, 0.1) is 0 Å². The number of thiocarbonyl (C=S) groups is 1. The second kappa shape index (κ2) is 5.56. The molecule has 0 unspecified atom stereocenters. The Bertz CT molecular complexity index is 101. The lowest BCUT2D eigenvalue weighted by Gasteiger charge is -2.03. The SMILES string of the molecule is C=CCCNC(=S)NC. The topological polar surface area (TPSA) is 24.1 Å². The lowest BCUT2D eigenvalue weighted by Crippen LogP contribution is -2.32. The van der Waals surface area contributed by atoms with Crippen LogP contribution >= 0.6 is 12.2 Å². The Morgan fingerprint density at radius 1 is 1.78 bits per heavy atom. The summed E-state index contributed by atoms with van der Waals surface area (Å²) >= 11 is 4.81. The summed E-state index contributed by atoms with van der Waals surface area (Å²) in [4.78, 5) is 0. The summed E-state index contributed by atoms with van der Waals surface area (Å²) in [6, 6.07) is 0. The highest BCUT2D eigenvalue weighted by Crippen LogP contribution is 1.74. The van der Waals surface area contributed by atoms with Crippen molar-refractivity contribution in [3.63, 3.8) is 0 Å². The van der Waals surface area contributed by atoms with Crippen LogP contribution in [-0.2, 0) is 0 Å². The molecule has 0 saturated heterocycles. The highest BCUT2D eigenvalue weighted by atomic mass is 32.1. The summed E-state index contributed by atoms with van der Waals surface area (Å²) in [5.74, 6) is 0. The zero-order valence-electron chi connectivity index (χ0n) is 5.61. The van der Waals surface area contributed by atoms with Gasteiger partial charge in [0.15, 0.2) is 5.11 Å². The average Bonchev–Trinajstić information content (AvgIpc) is 1.89. The van der Waals surface area contributed by atoms with Gasteiger partial charge in [-0.3, -0.25) is 0 Å². The zero-order chi connectivity index (χ0) is 7.11. The Morgan fingerprint density at radius 3 is 2.89 bits per heavy atom. The average molecular weight is 144 g/mol. The molecule has 52 valence electrons. The molecule has 0 aliphatic carbocycles. The van der Waals surface area contributed by atoms with Gasteiger partial charge in [-0.15, -0.1) is 6.58 Å². The van der Waals surface area contributed by atoms with Gasteiger partial charge >= 0.3 is 0 Å².